The molecule has 0 spiro atoms. The van der Waals surface area contributed by atoms with Crippen molar-refractivity contribution in [2.24, 2.45) is 5.84 Å². The van der Waals surface area contributed by atoms with E-state index in [1.54, 1.807) is 6.20 Å². The Balaban J connectivity index is 2.40. The molecule has 0 fully saturated rings. The third-order valence-electron chi connectivity index (χ3n) is 2.75. The molecule has 0 radical (unpaired) electrons. The van der Waals surface area contributed by atoms with Crippen LogP contribution in [0.25, 0.3) is 0 Å². The maximum atomic E-state index is 12.6. The topological polar surface area (TPSA) is 63.8 Å². The average Bonchev–Trinajstić information content (AvgIpc) is 2.82. The van der Waals surface area contributed by atoms with Crippen molar-refractivity contribution in [3.05, 3.63) is 45.2 Å². The zero-order valence-corrected chi connectivity index (χ0v) is 11.6. The highest BCUT2D eigenvalue weighted by molar-refractivity contribution is 7.11. The van der Waals surface area contributed by atoms with E-state index in [9.17, 15) is 13.2 Å². The number of halogens is 3. The highest BCUT2D eigenvalue weighted by atomic mass is 32.1. The monoisotopic (exact) mass is 302 g/mol. The van der Waals surface area contributed by atoms with Gasteiger partial charge in [-0.15, -0.1) is 11.3 Å². The van der Waals surface area contributed by atoms with Crippen molar-refractivity contribution in [1.29, 1.82) is 0 Å². The molecule has 0 aliphatic heterocycles. The molecule has 3 N–H and O–H groups in total. The van der Waals surface area contributed by atoms with Gasteiger partial charge in [0.2, 0.25) is 0 Å². The number of hydrogen-bond donors (Lipinski definition) is 2. The van der Waals surface area contributed by atoms with Crippen LogP contribution < -0.4 is 11.3 Å². The van der Waals surface area contributed by atoms with E-state index in [-0.39, 0.29) is 0 Å². The van der Waals surface area contributed by atoms with Crippen LogP contribution in [0.3, 0.4) is 0 Å². The van der Waals surface area contributed by atoms with Crippen molar-refractivity contribution >= 4 is 11.3 Å². The molecular formula is C12H13F3N4S. The number of hydrogen-bond acceptors (Lipinski definition) is 5. The lowest BCUT2D eigenvalue weighted by atomic mass is 10.1. The number of pyridine rings is 1. The van der Waals surface area contributed by atoms with Gasteiger partial charge in [-0.05, 0) is 25.0 Å². The molecule has 2 aromatic rings. The standard InChI is InChI=1S/C12H13F3N4S/c1-6-3-7(2)9(17-4-6)10(19-16)8-5-18-11(20-8)12(13,14)15/h3-5,10,19H,16H2,1-2H3. The Morgan fingerprint density at radius 1 is 1.25 bits per heavy atom. The molecule has 0 amide bonds. The maximum absolute atomic E-state index is 12.6. The number of aromatic nitrogens is 2. The second-order valence-electron chi connectivity index (χ2n) is 4.38. The summed E-state index contributed by atoms with van der Waals surface area (Å²) in [4.78, 5) is 8.03. The van der Waals surface area contributed by atoms with E-state index in [0.717, 1.165) is 11.1 Å². The number of hydrazine groups is 1. The molecule has 2 rings (SSSR count). The minimum Gasteiger partial charge on any atom is -0.270 e. The molecule has 0 saturated carbocycles. The predicted octanol–water partition coefficient (Wildman–Crippen LogP) is 2.73. The molecule has 8 heteroatoms. The van der Waals surface area contributed by atoms with Crippen LogP contribution in [0, 0.1) is 13.8 Å². The van der Waals surface area contributed by atoms with Crippen LogP contribution in [0.15, 0.2) is 18.5 Å². The molecule has 1 atom stereocenters. The summed E-state index contributed by atoms with van der Waals surface area (Å²) < 4.78 is 37.8. The molecule has 0 bridgehead atoms. The number of alkyl halides is 3. The first kappa shape index (κ1) is 14.9. The van der Waals surface area contributed by atoms with Gasteiger partial charge in [0.1, 0.15) is 0 Å². The third kappa shape index (κ3) is 2.97. The van der Waals surface area contributed by atoms with Gasteiger partial charge in [0.25, 0.3) is 0 Å². The maximum Gasteiger partial charge on any atom is 0.443 e. The summed E-state index contributed by atoms with van der Waals surface area (Å²) in [6.45, 7) is 3.73. The van der Waals surface area contributed by atoms with Crippen LogP contribution in [0.2, 0.25) is 0 Å². The zero-order valence-electron chi connectivity index (χ0n) is 10.8. The smallest absolute Gasteiger partial charge is 0.270 e. The highest BCUT2D eigenvalue weighted by Gasteiger charge is 2.35. The number of nitrogens with two attached hydrogens (primary N) is 1. The van der Waals surface area contributed by atoms with Gasteiger partial charge in [0.15, 0.2) is 5.01 Å². The van der Waals surface area contributed by atoms with Gasteiger partial charge in [-0.25, -0.2) is 10.4 Å². The Bertz CT molecular complexity index is 609. The van der Waals surface area contributed by atoms with E-state index < -0.39 is 17.2 Å². The van der Waals surface area contributed by atoms with Crippen LogP contribution >= 0.6 is 11.3 Å². The fourth-order valence-electron chi connectivity index (χ4n) is 1.88. The summed E-state index contributed by atoms with van der Waals surface area (Å²) in [5.74, 6) is 5.47. The molecule has 0 aliphatic rings. The van der Waals surface area contributed by atoms with Gasteiger partial charge in [-0.1, -0.05) is 6.07 Å². The minimum absolute atomic E-state index is 0.374. The highest BCUT2D eigenvalue weighted by Crippen LogP contribution is 2.35. The fourth-order valence-corrected chi connectivity index (χ4v) is 2.72. The Kier molecular flexibility index (Phi) is 4.07. The number of aryl methyl sites for hydroxylation is 2. The zero-order chi connectivity index (χ0) is 14.9. The second-order valence-corrected chi connectivity index (χ2v) is 5.44. The Hall–Kier alpha value is -1.51. The van der Waals surface area contributed by atoms with Gasteiger partial charge < -0.3 is 0 Å². The quantitative estimate of drug-likeness (QED) is 0.676. The molecule has 0 saturated heterocycles. The van der Waals surface area contributed by atoms with Gasteiger partial charge in [-0.2, -0.15) is 13.2 Å². The largest absolute Gasteiger partial charge is 0.443 e. The number of thiazole rings is 1. The van der Waals surface area contributed by atoms with Crippen LogP contribution in [0.5, 0.6) is 0 Å². The van der Waals surface area contributed by atoms with E-state index >= 15 is 0 Å². The van der Waals surface area contributed by atoms with E-state index in [0.29, 0.717) is 21.9 Å². The molecule has 20 heavy (non-hydrogen) atoms. The first-order chi connectivity index (χ1) is 9.32. The van der Waals surface area contributed by atoms with Gasteiger partial charge in [-0.3, -0.25) is 10.8 Å². The van der Waals surface area contributed by atoms with Crippen LogP contribution in [0.1, 0.15) is 32.7 Å². The second kappa shape index (κ2) is 5.47. The first-order valence-electron chi connectivity index (χ1n) is 5.75. The fraction of sp³-hybridized carbons (Fsp3) is 0.333. The summed E-state index contributed by atoms with van der Waals surface area (Å²) in [6.07, 6.45) is -1.62. The van der Waals surface area contributed by atoms with Crippen molar-refractivity contribution in [3.8, 4) is 0 Å². The SMILES string of the molecule is Cc1cnc(C(NN)c2cnc(C(F)(F)F)s2)c(C)c1. The molecular weight excluding hydrogens is 289 g/mol. The van der Waals surface area contributed by atoms with Gasteiger partial charge >= 0.3 is 6.18 Å². The predicted molar refractivity (Wildman–Crippen MR) is 70.0 cm³/mol. The van der Waals surface area contributed by atoms with Crippen molar-refractivity contribution < 1.29 is 13.2 Å². The number of nitrogens with zero attached hydrogens (tertiary/aromatic N) is 2. The number of nitrogens with one attached hydrogen (secondary N) is 1. The lowest BCUT2D eigenvalue weighted by Crippen LogP contribution is -2.29. The first-order valence-corrected chi connectivity index (χ1v) is 6.56. The molecule has 1 unspecified atom stereocenters. The van der Waals surface area contributed by atoms with Gasteiger partial charge in [0, 0.05) is 17.3 Å². The summed E-state index contributed by atoms with van der Waals surface area (Å²) >= 11 is 0.562. The summed E-state index contributed by atoms with van der Waals surface area (Å²) in [5.41, 5.74) is 4.92. The normalized spacial score (nSPS) is 13.5. The molecule has 108 valence electrons. The van der Waals surface area contributed by atoms with E-state index in [4.69, 9.17) is 5.84 Å². The third-order valence-corrected chi connectivity index (χ3v) is 3.85. The van der Waals surface area contributed by atoms with E-state index in [2.05, 4.69) is 15.4 Å². The molecule has 4 nitrogen and oxygen atoms in total. The number of rotatable bonds is 3. The molecule has 2 aromatic heterocycles. The van der Waals surface area contributed by atoms with Crippen LogP contribution in [-0.4, -0.2) is 9.97 Å². The molecule has 2 heterocycles. The average molecular weight is 302 g/mol. The Morgan fingerprint density at radius 2 is 1.95 bits per heavy atom. The van der Waals surface area contributed by atoms with Crippen molar-refractivity contribution in [2.75, 3.05) is 0 Å². The Labute approximate surface area is 117 Å². The summed E-state index contributed by atoms with van der Waals surface area (Å²) in [5, 5.41) is -0.891. The lowest BCUT2D eigenvalue weighted by Gasteiger charge is -2.16. The van der Waals surface area contributed by atoms with E-state index in [1.807, 2.05) is 19.9 Å². The van der Waals surface area contributed by atoms with Gasteiger partial charge in [0.05, 0.1) is 11.7 Å². The van der Waals surface area contributed by atoms with Crippen molar-refractivity contribution in [1.82, 2.24) is 15.4 Å². The summed E-state index contributed by atoms with van der Waals surface area (Å²) in [7, 11) is 0. The van der Waals surface area contributed by atoms with Crippen molar-refractivity contribution in [2.45, 2.75) is 26.1 Å². The molecule has 0 aliphatic carbocycles. The van der Waals surface area contributed by atoms with Crippen LogP contribution in [0.4, 0.5) is 13.2 Å². The van der Waals surface area contributed by atoms with Crippen LogP contribution in [-0.2, 0) is 6.18 Å². The summed E-state index contributed by atoms with van der Waals surface area (Å²) in [6, 6.07) is 1.29. The van der Waals surface area contributed by atoms with Crippen molar-refractivity contribution in [3.63, 3.8) is 0 Å². The van der Waals surface area contributed by atoms with E-state index in [1.165, 1.54) is 6.20 Å². The molecule has 0 aromatic carbocycles. The lowest BCUT2D eigenvalue weighted by molar-refractivity contribution is -0.137. The Morgan fingerprint density at radius 3 is 2.45 bits per heavy atom. The minimum atomic E-state index is -4.45.